The summed E-state index contributed by atoms with van der Waals surface area (Å²) in [6.07, 6.45) is -3.06. The molecule has 0 radical (unpaired) electrons. The first-order valence-electron chi connectivity index (χ1n) is 2.20. The Bertz CT molecular complexity index is 134. The number of carboxylic acid groups (broad SMARTS) is 3. The van der Waals surface area contributed by atoms with Crippen molar-refractivity contribution >= 4 is 87.6 Å². The van der Waals surface area contributed by atoms with Crippen LogP contribution in [0.3, 0.4) is 0 Å². The first kappa shape index (κ1) is 23.2. The number of aliphatic carboxylic acids is 1. The van der Waals surface area contributed by atoms with Crippen LogP contribution in [0.15, 0.2) is 0 Å². The molecule has 0 spiro atoms. The molecule has 0 amide bonds. The molecule has 12 heavy (non-hydrogen) atoms. The van der Waals surface area contributed by atoms with Gasteiger partial charge < -0.3 is 26.1 Å². The van der Waals surface area contributed by atoms with E-state index < -0.39 is 18.2 Å². The van der Waals surface area contributed by atoms with E-state index in [0.717, 1.165) is 0 Å². The first-order valence-corrected chi connectivity index (χ1v) is 2.20. The quantitative estimate of drug-likeness (QED) is 0.450. The van der Waals surface area contributed by atoms with Gasteiger partial charge in [-0.05, 0) is 6.92 Å². The number of hydrogen-bond donors (Lipinski definition) is 4. The molecule has 68 valence electrons. The molecule has 4 N–H and O–H groups in total. The third kappa shape index (κ3) is 43.0. The Labute approximate surface area is 135 Å². The van der Waals surface area contributed by atoms with Crippen molar-refractivity contribution < 1.29 is 35.7 Å². The molecule has 8 heteroatoms. The van der Waals surface area contributed by atoms with Crippen molar-refractivity contribution in [2.24, 2.45) is 0 Å². The second kappa shape index (κ2) is 14.7. The molecule has 0 bridgehead atoms. The van der Waals surface area contributed by atoms with Crippen molar-refractivity contribution in [2.45, 2.75) is 13.0 Å². The van der Waals surface area contributed by atoms with Crippen molar-refractivity contribution in [2.75, 3.05) is 0 Å². The summed E-state index contributed by atoms with van der Waals surface area (Å²) in [5, 5.41) is 29.7. The van der Waals surface area contributed by atoms with E-state index >= 15 is 0 Å². The maximum absolute atomic E-state index is 9.45. The Morgan fingerprint density at radius 3 is 1.25 bits per heavy atom. The van der Waals surface area contributed by atoms with E-state index in [-0.39, 0.29) is 81.2 Å². The van der Waals surface area contributed by atoms with Crippen molar-refractivity contribution in [1.82, 2.24) is 0 Å². The zero-order valence-electron chi connectivity index (χ0n) is 10.6. The third-order valence-corrected chi connectivity index (χ3v) is 0.357. The predicted molar refractivity (Wildman–Crippen MR) is 45.9 cm³/mol. The molecule has 6 nitrogen and oxygen atoms in total. The molecule has 0 aromatic rings. The number of carbonyl (C=O) groups is 2. The summed E-state index contributed by atoms with van der Waals surface area (Å²) in [7, 11) is 0. The third-order valence-electron chi connectivity index (χ3n) is 0.357. The van der Waals surface area contributed by atoms with Gasteiger partial charge in [0.1, 0.15) is 6.10 Å². The van der Waals surface area contributed by atoms with Gasteiger partial charge in [0.05, 0.1) is 0 Å². The summed E-state index contributed by atoms with van der Waals surface area (Å²) < 4.78 is 0. The second-order valence-corrected chi connectivity index (χ2v) is 1.30. The number of hydrogen-bond acceptors (Lipinski definition) is 3. The van der Waals surface area contributed by atoms with Crippen molar-refractivity contribution in [3.05, 3.63) is 0 Å². The number of aliphatic hydroxyl groups is 1. The minimum Gasteiger partial charge on any atom is -1.00 e. The summed E-state index contributed by atoms with van der Waals surface area (Å²) >= 11 is 0. The van der Waals surface area contributed by atoms with Gasteiger partial charge in [-0.1, -0.05) is 0 Å². The zero-order valence-corrected chi connectivity index (χ0v) is 11.0. The fourth-order valence-electron chi connectivity index (χ4n) is 0. The fraction of sp³-hybridized carbons (Fsp3) is 0.500. The van der Waals surface area contributed by atoms with Gasteiger partial charge in [-0.3, -0.25) is 0 Å². The van der Waals surface area contributed by atoms with Gasteiger partial charge in [0, 0.05) is 0 Å². The van der Waals surface area contributed by atoms with Crippen LogP contribution in [0, 0.1) is 0 Å². The van der Waals surface area contributed by atoms with Crippen molar-refractivity contribution in [3.63, 3.8) is 0 Å². The van der Waals surface area contributed by atoms with Crippen LogP contribution in [0.5, 0.6) is 0 Å². The molecule has 0 saturated carbocycles. The van der Waals surface area contributed by atoms with Gasteiger partial charge in [0.15, 0.2) is 0 Å². The van der Waals surface area contributed by atoms with Crippen LogP contribution in [-0.4, -0.2) is 114 Å². The van der Waals surface area contributed by atoms with Crippen molar-refractivity contribution in [3.8, 4) is 0 Å². The van der Waals surface area contributed by atoms with Gasteiger partial charge in [-0.15, -0.1) is 0 Å². The summed E-state index contributed by atoms with van der Waals surface area (Å²) in [6.45, 7) is 1.20. The van der Waals surface area contributed by atoms with Gasteiger partial charge in [0.2, 0.25) is 0 Å². The molecule has 0 aliphatic carbocycles. The molecule has 1 atom stereocenters. The normalized spacial score (nSPS) is 8.83. The molecule has 0 rings (SSSR count). The van der Waals surface area contributed by atoms with Crippen LogP contribution in [-0.2, 0) is 4.79 Å². The van der Waals surface area contributed by atoms with Gasteiger partial charge in [-0.25, -0.2) is 9.59 Å². The zero-order chi connectivity index (χ0) is 8.73. The monoisotopic (exact) mass is 236 g/mol. The van der Waals surface area contributed by atoms with E-state index in [4.69, 9.17) is 25.2 Å². The number of aliphatic hydroxyl groups excluding tert-OH is 1. The van der Waals surface area contributed by atoms with E-state index in [9.17, 15) is 4.79 Å². The molecule has 0 aliphatic rings. The predicted octanol–water partition coefficient (Wildman–Crippen LogP) is -0.637. The number of rotatable bonds is 1. The van der Waals surface area contributed by atoms with E-state index in [1.54, 1.807) is 0 Å². The van der Waals surface area contributed by atoms with Crippen LogP contribution in [0.25, 0.3) is 0 Å². The summed E-state index contributed by atoms with van der Waals surface area (Å²) in [5.74, 6) is -1.19. The van der Waals surface area contributed by atoms with Gasteiger partial charge in [-0.2, -0.15) is 0 Å². The smallest absolute Gasteiger partial charge is 1.00 e. The van der Waals surface area contributed by atoms with E-state index in [1.165, 1.54) is 6.92 Å². The first-order chi connectivity index (χ1) is 4.37. The fourth-order valence-corrected chi connectivity index (χ4v) is 0. The average Bonchev–Trinajstić information content (AvgIpc) is 1.63. The summed E-state index contributed by atoms with van der Waals surface area (Å²) in [4.78, 5) is 18.0. The van der Waals surface area contributed by atoms with E-state index in [0.29, 0.717) is 0 Å². The van der Waals surface area contributed by atoms with Crippen LogP contribution < -0.4 is 0 Å². The molecular weight excluding hydrogens is 224 g/mol. The maximum atomic E-state index is 9.45. The van der Waals surface area contributed by atoms with Crippen LogP contribution in [0.2, 0.25) is 0 Å². The Balaban J connectivity index is -0.00000001000. The second-order valence-electron chi connectivity index (χ2n) is 1.30. The largest absolute Gasteiger partial charge is 2.00 e. The Morgan fingerprint density at radius 1 is 1.17 bits per heavy atom. The van der Waals surface area contributed by atoms with Crippen molar-refractivity contribution in [1.29, 1.82) is 0 Å². The standard InChI is InChI=1S/C3H6O3.CH2O3.2Ca.4H/c1-2(4)3(5)6;2-1(3)4;;;;;;/h2,4H,1H3,(H,5,6);(H2,2,3,4);;;;;;/q;;2*+2;4*-1. The minimum atomic E-state index is -1.83. The van der Waals surface area contributed by atoms with E-state index in [2.05, 4.69) is 0 Å². The molecule has 1 unspecified atom stereocenters. The summed E-state index contributed by atoms with van der Waals surface area (Å²) in [6, 6.07) is 0. The van der Waals surface area contributed by atoms with Gasteiger partial charge in [0.25, 0.3) is 0 Å². The topological polar surface area (TPSA) is 115 Å². The molecule has 0 heterocycles. The SMILES string of the molecule is CC(O)C(=O)O.O=C(O)O.[Ca+2].[Ca+2].[H-].[H-].[H-].[H-]. The van der Waals surface area contributed by atoms with Gasteiger partial charge >= 0.3 is 87.6 Å². The molecule has 0 fully saturated rings. The molecule has 0 saturated heterocycles. The minimum absolute atomic E-state index is 0. The van der Waals surface area contributed by atoms with Crippen LogP contribution in [0.1, 0.15) is 12.6 Å². The van der Waals surface area contributed by atoms with Crippen LogP contribution in [0.4, 0.5) is 4.79 Å². The Kier molecular flexibility index (Phi) is 28.5. The maximum Gasteiger partial charge on any atom is 2.00 e. The molecule has 0 aromatic carbocycles. The molecular formula is C4H12Ca2O6. The van der Waals surface area contributed by atoms with E-state index in [1.807, 2.05) is 0 Å². The molecule has 0 aromatic heterocycles. The summed E-state index contributed by atoms with van der Waals surface area (Å²) in [5.41, 5.74) is 0. The Morgan fingerprint density at radius 2 is 1.25 bits per heavy atom. The number of carboxylic acids is 1. The molecule has 0 aliphatic heterocycles. The average molecular weight is 236 g/mol. The Hall–Kier alpha value is 1.22. The van der Waals surface area contributed by atoms with Crippen LogP contribution >= 0.6 is 0 Å².